The Balaban J connectivity index is 1.85. The molecule has 10 nitrogen and oxygen atoms in total. The van der Waals surface area contributed by atoms with Crippen molar-refractivity contribution in [2.75, 3.05) is 6.26 Å². The highest BCUT2D eigenvalue weighted by Gasteiger charge is 2.43. The summed E-state index contributed by atoms with van der Waals surface area (Å²) in [6.07, 6.45) is 2.25. The summed E-state index contributed by atoms with van der Waals surface area (Å²) in [4.78, 5) is 24.6. The SMILES string of the molecule is Cc1cc(-c2cc(CO)no2)ccc1-c1ccn(CCC(C)(C(=O)NO)S(C)(=O)=O)c(=O)c1. The van der Waals surface area contributed by atoms with E-state index in [0.717, 1.165) is 22.9 Å². The van der Waals surface area contributed by atoms with E-state index in [2.05, 4.69) is 5.16 Å². The first-order valence-electron chi connectivity index (χ1n) is 10.0. The van der Waals surface area contributed by atoms with E-state index < -0.39 is 20.5 Å². The summed E-state index contributed by atoms with van der Waals surface area (Å²) in [7, 11) is -3.86. The molecule has 0 aliphatic heterocycles. The minimum atomic E-state index is -3.86. The Morgan fingerprint density at radius 3 is 2.48 bits per heavy atom. The second-order valence-corrected chi connectivity index (χ2v) is 10.5. The number of nitrogens with zero attached hydrogens (tertiary/aromatic N) is 2. The average Bonchev–Trinajstić information content (AvgIpc) is 3.26. The van der Waals surface area contributed by atoms with Gasteiger partial charge in [-0.05, 0) is 49.1 Å². The van der Waals surface area contributed by atoms with Gasteiger partial charge in [0.1, 0.15) is 5.69 Å². The molecular formula is C22H25N3O7S. The zero-order valence-electron chi connectivity index (χ0n) is 18.4. The summed E-state index contributed by atoms with van der Waals surface area (Å²) in [6, 6.07) is 10.4. The van der Waals surface area contributed by atoms with Gasteiger partial charge in [0.2, 0.25) is 0 Å². The number of nitrogens with one attached hydrogen (secondary N) is 1. The number of amides is 1. The Morgan fingerprint density at radius 2 is 1.94 bits per heavy atom. The van der Waals surface area contributed by atoms with Crippen LogP contribution in [0.5, 0.6) is 0 Å². The zero-order valence-corrected chi connectivity index (χ0v) is 19.2. The third-order valence-electron chi connectivity index (χ3n) is 5.77. The first-order chi connectivity index (χ1) is 15.5. The van der Waals surface area contributed by atoms with Crippen LogP contribution < -0.4 is 11.0 Å². The van der Waals surface area contributed by atoms with Gasteiger partial charge >= 0.3 is 0 Å². The highest BCUT2D eigenvalue weighted by atomic mass is 32.2. The summed E-state index contributed by atoms with van der Waals surface area (Å²) in [6.45, 7) is 2.84. The number of pyridine rings is 1. The quantitative estimate of drug-likeness (QED) is 0.329. The van der Waals surface area contributed by atoms with Crippen LogP contribution >= 0.6 is 0 Å². The predicted molar refractivity (Wildman–Crippen MR) is 120 cm³/mol. The van der Waals surface area contributed by atoms with E-state index >= 15 is 0 Å². The largest absolute Gasteiger partial charge is 0.390 e. The fraction of sp³-hybridized carbons (Fsp3) is 0.318. The van der Waals surface area contributed by atoms with Crippen molar-refractivity contribution in [3.05, 3.63) is 64.2 Å². The number of aliphatic hydroxyl groups excluding tert-OH is 1. The first-order valence-corrected chi connectivity index (χ1v) is 11.9. The lowest BCUT2D eigenvalue weighted by Gasteiger charge is -2.25. The lowest BCUT2D eigenvalue weighted by atomic mass is 9.98. The van der Waals surface area contributed by atoms with Crippen molar-refractivity contribution in [2.45, 2.75) is 38.2 Å². The van der Waals surface area contributed by atoms with E-state index in [-0.39, 0.29) is 25.1 Å². The van der Waals surface area contributed by atoms with E-state index in [1.165, 1.54) is 29.2 Å². The Hall–Kier alpha value is -3.28. The van der Waals surface area contributed by atoms with E-state index in [9.17, 15) is 18.0 Å². The van der Waals surface area contributed by atoms with Gasteiger partial charge < -0.3 is 14.2 Å². The van der Waals surface area contributed by atoms with Crippen LogP contribution in [0.4, 0.5) is 0 Å². The number of sulfone groups is 1. The molecule has 176 valence electrons. The van der Waals surface area contributed by atoms with Crippen LogP contribution in [-0.4, -0.2) is 45.4 Å². The van der Waals surface area contributed by atoms with Crippen LogP contribution in [-0.2, 0) is 27.8 Å². The Labute approximate surface area is 190 Å². The molecule has 0 saturated heterocycles. The number of aliphatic hydroxyl groups is 1. The molecule has 0 spiro atoms. The van der Waals surface area contributed by atoms with E-state index in [0.29, 0.717) is 17.0 Å². The second kappa shape index (κ2) is 9.30. The van der Waals surface area contributed by atoms with Crippen molar-refractivity contribution in [1.29, 1.82) is 0 Å². The van der Waals surface area contributed by atoms with Crippen LogP contribution in [0, 0.1) is 6.92 Å². The minimum absolute atomic E-state index is 0.0350. The van der Waals surface area contributed by atoms with E-state index in [1.807, 2.05) is 25.1 Å². The molecule has 0 saturated carbocycles. The van der Waals surface area contributed by atoms with Gasteiger partial charge in [-0.15, -0.1) is 0 Å². The van der Waals surface area contributed by atoms with Gasteiger partial charge in [0.05, 0.1) is 6.61 Å². The van der Waals surface area contributed by atoms with Crippen LogP contribution in [0.2, 0.25) is 0 Å². The predicted octanol–water partition coefficient (Wildman–Crippen LogP) is 1.67. The molecule has 2 heterocycles. The molecule has 1 unspecified atom stereocenters. The molecule has 3 aromatic rings. The molecule has 0 bridgehead atoms. The third-order valence-corrected chi connectivity index (χ3v) is 7.80. The van der Waals surface area contributed by atoms with Crippen molar-refractivity contribution < 1.29 is 28.0 Å². The monoisotopic (exact) mass is 475 g/mol. The lowest BCUT2D eigenvalue weighted by molar-refractivity contribution is -0.131. The topological polar surface area (TPSA) is 152 Å². The van der Waals surface area contributed by atoms with Gasteiger partial charge in [-0.2, -0.15) is 0 Å². The summed E-state index contributed by atoms with van der Waals surface area (Å²) < 4.78 is 28.9. The summed E-state index contributed by atoms with van der Waals surface area (Å²) >= 11 is 0. The number of carbonyl (C=O) groups is 1. The fourth-order valence-electron chi connectivity index (χ4n) is 3.44. The maximum atomic E-state index is 12.7. The summed E-state index contributed by atoms with van der Waals surface area (Å²) in [5, 5.41) is 21.8. The molecule has 0 aliphatic rings. The molecular weight excluding hydrogens is 450 g/mol. The Morgan fingerprint density at radius 1 is 1.21 bits per heavy atom. The molecule has 1 amide bonds. The molecule has 11 heteroatoms. The number of hydrogen-bond acceptors (Lipinski definition) is 8. The van der Waals surface area contributed by atoms with Crippen molar-refractivity contribution in [3.8, 4) is 22.5 Å². The average molecular weight is 476 g/mol. The third kappa shape index (κ3) is 4.90. The number of carbonyl (C=O) groups excluding carboxylic acids is 1. The van der Waals surface area contributed by atoms with Gasteiger partial charge in [0.15, 0.2) is 20.3 Å². The molecule has 33 heavy (non-hydrogen) atoms. The van der Waals surface area contributed by atoms with Gasteiger partial charge in [-0.1, -0.05) is 17.3 Å². The van der Waals surface area contributed by atoms with Gasteiger partial charge in [0.25, 0.3) is 11.5 Å². The highest BCUT2D eigenvalue weighted by Crippen LogP contribution is 2.28. The van der Waals surface area contributed by atoms with Crippen molar-refractivity contribution in [1.82, 2.24) is 15.2 Å². The highest BCUT2D eigenvalue weighted by molar-refractivity contribution is 7.92. The van der Waals surface area contributed by atoms with Gasteiger partial charge in [-0.3, -0.25) is 14.8 Å². The van der Waals surface area contributed by atoms with Crippen LogP contribution in [0.3, 0.4) is 0 Å². The number of benzene rings is 1. The normalized spacial score (nSPS) is 13.5. The van der Waals surface area contributed by atoms with Gasteiger partial charge in [0, 0.05) is 36.7 Å². The van der Waals surface area contributed by atoms with Crippen molar-refractivity contribution >= 4 is 15.7 Å². The smallest absolute Gasteiger partial charge is 0.264 e. The number of rotatable bonds is 8. The molecule has 0 aliphatic carbocycles. The fourth-order valence-corrected chi connectivity index (χ4v) is 4.29. The molecule has 3 rings (SSSR count). The van der Waals surface area contributed by atoms with E-state index in [1.54, 1.807) is 12.1 Å². The number of aromatic nitrogens is 2. The van der Waals surface area contributed by atoms with Crippen molar-refractivity contribution in [3.63, 3.8) is 0 Å². The van der Waals surface area contributed by atoms with Crippen molar-refractivity contribution in [2.24, 2.45) is 0 Å². The summed E-state index contributed by atoms with van der Waals surface area (Å²) in [5.74, 6) is -0.534. The van der Waals surface area contributed by atoms with Gasteiger partial charge in [-0.25, -0.2) is 13.9 Å². The molecule has 2 aromatic heterocycles. The first kappa shape index (κ1) is 24.4. The molecule has 0 radical (unpaired) electrons. The Kier molecular flexibility index (Phi) is 6.86. The van der Waals surface area contributed by atoms with Crippen LogP contribution in [0.25, 0.3) is 22.5 Å². The zero-order chi connectivity index (χ0) is 24.4. The maximum Gasteiger partial charge on any atom is 0.264 e. The number of aryl methyl sites for hydroxylation is 2. The second-order valence-electron chi connectivity index (χ2n) is 8.01. The molecule has 0 fully saturated rings. The van der Waals surface area contributed by atoms with Crippen LogP contribution in [0.15, 0.2) is 51.9 Å². The van der Waals surface area contributed by atoms with Crippen LogP contribution in [0.1, 0.15) is 24.6 Å². The molecule has 3 N–H and O–H groups in total. The van der Waals surface area contributed by atoms with E-state index in [4.69, 9.17) is 14.8 Å². The maximum absolute atomic E-state index is 12.7. The standard InChI is InChI=1S/C22H25N3O7S/c1-14-10-16(19-12-17(13-26)24-32-19)4-5-18(14)15-6-8-25(20(27)11-15)9-7-22(2,21(28)23-29)33(3,30)31/h4-6,8,10-12,26,29H,7,9,13H2,1-3H3,(H,23,28). The number of hydroxylamine groups is 1. The number of hydrogen-bond donors (Lipinski definition) is 3. The molecule has 1 atom stereocenters. The molecule has 1 aromatic carbocycles. The lowest BCUT2D eigenvalue weighted by Crippen LogP contribution is -2.49. The summed E-state index contributed by atoms with van der Waals surface area (Å²) in [5.41, 5.74) is 4.62. The minimum Gasteiger partial charge on any atom is -0.390 e. The Bertz CT molecular complexity index is 1340.